The number of rotatable bonds is 16. The maximum Gasteiger partial charge on any atom is 0.159 e. The Morgan fingerprint density at radius 2 is 1.34 bits per heavy atom. The van der Waals surface area contributed by atoms with E-state index in [0.717, 1.165) is 48.6 Å². The van der Waals surface area contributed by atoms with Crippen LogP contribution in [0.4, 0.5) is 0 Å². The maximum absolute atomic E-state index is 8.89. The molecule has 2 rings (SSSR count). The minimum absolute atomic E-state index is 0.197. The summed E-state index contributed by atoms with van der Waals surface area (Å²) in [6.07, 6.45) is 18.6. The summed E-state index contributed by atoms with van der Waals surface area (Å²) in [5.74, 6) is 1.63. The molecule has 4 heteroatoms. The van der Waals surface area contributed by atoms with Crippen molar-refractivity contribution < 1.29 is 9.84 Å². The van der Waals surface area contributed by atoms with Crippen LogP contribution in [0.5, 0.6) is 5.75 Å². The fourth-order valence-electron chi connectivity index (χ4n) is 3.40. The van der Waals surface area contributed by atoms with E-state index < -0.39 is 0 Å². The summed E-state index contributed by atoms with van der Waals surface area (Å²) in [6, 6.07) is 8.01. The van der Waals surface area contributed by atoms with Crippen molar-refractivity contribution in [2.45, 2.75) is 84.0 Å². The SMILES string of the molecule is CCCCCCCCCCCCOc1ccc(-c2ncc(CCCO)cn2)cc1. The number of unbranched alkanes of at least 4 members (excludes halogenated alkanes) is 9. The number of ether oxygens (including phenoxy) is 1. The Morgan fingerprint density at radius 3 is 1.93 bits per heavy atom. The van der Waals surface area contributed by atoms with Gasteiger partial charge in [-0.3, -0.25) is 0 Å². The van der Waals surface area contributed by atoms with Gasteiger partial charge in [-0.15, -0.1) is 0 Å². The van der Waals surface area contributed by atoms with Crippen LogP contribution in [0.3, 0.4) is 0 Å². The van der Waals surface area contributed by atoms with E-state index in [1.165, 1.54) is 57.8 Å². The number of hydrogen-bond acceptors (Lipinski definition) is 4. The highest BCUT2D eigenvalue weighted by Gasteiger charge is 2.03. The average Bonchev–Trinajstić information content (AvgIpc) is 2.77. The predicted molar refractivity (Wildman–Crippen MR) is 120 cm³/mol. The van der Waals surface area contributed by atoms with E-state index in [-0.39, 0.29) is 6.61 Å². The van der Waals surface area contributed by atoms with Crippen molar-refractivity contribution in [3.8, 4) is 17.1 Å². The van der Waals surface area contributed by atoms with E-state index in [9.17, 15) is 0 Å². The molecule has 1 aromatic heterocycles. The molecular weight excluding hydrogens is 360 g/mol. The molecule has 160 valence electrons. The van der Waals surface area contributed by atoms with Crippen molar-refractivity contribution in [1.29, 1.82) is 0 Å². The highest BCUT2D eigenvalue weighted by molar-refractivity contribution is 5.55. The summed E-state index contributed by atoms with van der Waals surface area (Å²) in [5.41, 5.74) is 2.05. The van der Waals surface area contributed by atoms with Crippen LogP contribution in [0.15, 0.2) is 36.7 Å². The van der Waals surface area contributed by atoms with Gasteiger partial charge in [0.15, 0.2) is 5.82 Å². The number of aliphatic hydroxyl groups is 1. The lowest BCUT2D eigenvalue weighted by Gasteiger charge is -2.07. The van der Waals surface area contributed by atoms with Crippen LogP contribution in [0, 0.1) is 0 Å². The predicted octanol–water partition coefficient (Wildman–Crippen LogP) is 6.37. The zero-order chi connectivity index (χ0) is 20.6. The molecule has 0 amide bonds. The second-order valence-electron chi connectivity index (χ2n) is 7.80. The van der Waals surface area contributed by atoms with E-state index in [4.69, 9.17) is 9.84 Å². The van der Waals surface area contributed by atoms with Crippen molar-refractivity contribution in [2.75, 3.05) is 13.2 Å². The third kappa shape index (κ3) is 9.89. The number of benzene rings is 1. The number of aliphatic hydroxyl groups excluding tert-OH is 1. The van der Waals surface area contributed by atoms with Gasteiger partial charge in [0.05, 0.1) is 6.61 Å². The molecule has 0 saturated heterocycles. The van der Waals surface area contributed by atoms with Crippen molar-refractivity contribution in [3.63, 3.8) is 0 Å². The van der Waals surface area contributed by atoms with Gasteiger partial charge in [-0.1, -0.05) is 64.7 Å². The molecule has 0 aliphatic rings. The lowest BCUT2D eigenvalue weighted by molar-refractivity contribution is 0.288. The second-order valence-corrected chi connectivity index (χ2v) is 7.80. The van der Waals surface area contributed by atoms with Gasteiger partial charge in [0.2, 0.25) is 0 Å². The lowest BCUT2D eigenvalue weighted by atomic mass is 10.1. The zero-order valence-corrected chi connectivity index (χ0v) is 18.1. The molecule has 0 aliphatic carbocycles. The fourth-order valence-corrected chi connectivity index (χ4v) is 3.40. The van der Waals surface area contributed by atoms with Gasteiger partial charge in [-0.2, -0.15) is 0 Å². The van der Waals surface area contributed by atoms with Crippen LogP contribution >= 0.6 is 0 Å². The normalized spacial score (nSPS) is 11.0. The first-order chi connectivity index (χ1) is 14.3. The lowest BCUT2D eigenvalue weighted by Crippen LogP contribution is -1.98. The smallest absolute Gasteiger partial charge is 0.159 e. The first kappa shape index (κ1) is 23.3. The Morgan fingerprint density at radius 1 is 0.759 bits per heavy atom. The molecule has 1 N–H and O–H groups in total. The Hall–Kier alpha value is -1.94. The summed E-state index contributed by atoms with van der Waals surface area (Å²) in [4.78, 5) is 8.86. The molecular formula is C25H38N2O2. The highest BCUT2D eigenvalue weighted by atomic mass is 16.5. The summed E-state index contributed by atoms with van der Waals surface area (Å²) < 4.78 is 5.87. The molecule has 4 nitrogen and oxygen atoms in total. The van der Waals surface area contributed by atoms with Gasteiger partial charge in [-0.25, -0.2) is 9.97 Å². The molecule has 0 unspecified atom stereocenters. The van der Waals surface area contributed by atoms with E-state index in [1.807, 2.05) is 36.7 Å². The van der Waals surface area contributed by atoms with E-state index in [1.54, 1.807) is 0 Å². The van der Waals surface area contributed by atoms with E-state index in [0.29, 0.717) is 0 Å². The van der Waals surface area contributed by atoms with Gasteiger partial charge in [0.1, 0.15) is 5.75 Å². The van der Waals surface area contributed by atoms with Gasteiger partial charge in [0, 0.05) is 24.6 Å². The zero-order valence-electron chi connectivity index (χ0n) is 18.1. The maximum atomic E-state index is 8.89. The average molecular weight is 399 g/mol. The standard InChI is InChI=1S/C25H38N2O2/c1-2-3-4-5-6-7-8-9-10-11-19-29-24-16-14-23(15-17-24)25-26-20-22(21-27-25)13-12-18-28/h14-17,20-21,28H,2-13,18-19H2,1H3. The topological polar surface area (TPSA) is 55.2 Å². The first-order valence-corrected chi connectivity index (χ1v) is 11.5. The number of aryl methyl sites for hydroxylation is 1. The second kappa shape index (κ2) is 15.0. The summed E-state index contributed by atoms with van der Waals surface area (Å²) in [5, 5.41) is 8.89. The number of nitrogens with zero attached hydrogens (tertiary/aromatic N) is 2. The van der Waals surface area contributed by atoms with Crippen LogP contribution in [-0.4, -0.2) is 28.3 Å². The molecule has 2 aromatic rings. The van der Waals surface area contributed by atoms with Crippen LogP contribution < -0.4 is 4.74 Å². The fraction of sp³-hybridized carbons (Fsp3) is 0.600. The largest absolute Gasteiger partial charge is 0.494 e. The molecule has 0 radical (unpaired) electrons. The van der Waals surface area contributed by atoms with E-state index in [2.05, 4.69) is 16.9 Å². The molecule has 0 bridgehead atoms. The molecule has 0 fully saturated rings. The number of aromatic nitrogens is 2. The molecule has 0 aliphatic heterocycles. The van der Waals surface area contributed by atoms with Crippen molar-refractivity contribution in [1.82, 2.24) is 9.97 Å². The number of hydrogen-bond donors (Lipinski definition) is 1. The molecule has 1 heterocycles. The van der Waals surface area contributed by atoms with Crippen molar-refractivity contribution in [2.24, 2.45) is 0 Å². The Balaban J connectivity index is 1.58. The Labute approximate surface area is 176 Å². The van der Waals surface area contributed by atoms with Gasteiger partial charge in [0.25, 0.3) is 0 Å². The monoisotopic (exact) mass is 398 g/mol. The van der Waals surface area contributed by atoms with Crippen molar-refractivity contribution in [3.05, 3.63) is 42.2 Å². The third-order valence-corrected chi connectivity index (χ3v) is 5.21. The summed E-state index contributed by atoms with van der Waals surface area (Å²) in [6.45, 7) is 3.25. The molecule has 0 saturated carbocycles. The first-order valence-electron chi connectivity index (χ1n) is 11.5. The highest BCUT2D eigenvalue weighted by Crippen LogP contribution is 2.20. The van der Waals surface area contributed by atoms with E-state index >= 15 is 0 Å². The van der Waals surface area contributed by atoms with Crippen LogP contribution in [0.2, 0.25) is 0 Å². The quantitative estimate of drug-likeness (QED) is 0.334. The minimum Gasteiger partial charge on any atom is -0.494 e. The minimum atomic E-state index is 0.197. The van der Waals surface area contributed by atoms with Gasteiger partial charge >= 0.3 is 0 Å². The molecule has 1 aromatic carbocycles. The molecule has 29 heavy (non-hydrogen) atoms. The third-order valence-electron chi connectivity index (χ3n) is 5.21. The van der Waals surface area contributed by atoms with Crippen LogP contribution in [0.25, 0.3) is 11.4 Å². The summed E-state index contributed by atoms with van der Waals surface area (Å²) >= 11 is 0. The van der Waals surface area contributed by atoms with Crippen LogP contribution in [0.1, 0.15) is 83.1 Å². The molecule has 0 spiro atoms. The Kier molecular flexibility index (Phi) is 12.1. The van der Waals surface area contributed by atoms with Gasteiger partial charge < -0.3 is 9.84 Å². The van der Waals surface area contributed by atoms with Crippen molar-refractivity contribution >= 4 is 0 Å². The van der Waals surface area contributed by atoms with Gasteiger partial charge in [-0.05, 0) is 49.1 Å². The molecule has 0 atom stereocenters. The summed E-state index contributed by atoms with van der Waals surface area (Å²) in [7, 11) is 0. The Bertz CT molecular complexity index is 641. The van der Waals surface area contributed by atoms with Crippen LogP contribution in [-0.2, 0) is 6.42 Å².